The number of aliphatic carboxylic acids is 1. The molecule has 1 fully saturated rings. The van der Waals surface area contributed by atoms with E-state index in [0.717, 1.165) is 65.6 Å². The van der Waals surface area contributed by atoms with Gasteiger partial charge >= 0.3 is 5.97 Å². The van der Waals surface area contributed by atoms with Crippen LogP contribution in [0.4, 0.5) is 5.69 Å². The Labute approximate surface area is 259 Å². The highest BCUT2D eigenvalue weighted by atomic mass is 35.5. The summed E-state index contributed by atoms with van der Waals surface area (Å²) in [6, 6.07) is 15.4. The van der Waals surface area contributed by atoms with E-state index in [2.05, 4.69) is 24.4 Å². The fourth-order valence-corrected chi connectivity index (χ4v) is 6.97. The van der Waals surface area contributed by atoms with E-state index in [1.54, 1.807) is 0 Å². The van der Waals surface area contributed by atoms with E-state index >= 15 is 0 Å². The molecule has 0 radical (unpaired) electrons. The second-order valence-corrected chi connectivity index (χ2v) is 12.0. The molecule has 1 amide bonds. The minimum atomic E-state index is -0.885. The molecule has 2 N–H and O–H groups in total. The summed E-state index contributed by atoms with van der Waals surface area (Å²) in [5.74, 6) is -0.842. The van der Waals surface area contributed by atoms with Gasteiger partial charge in [-0.25, -0.2) is 0 Å². The third kappa shape index (κ3) is 6.38. The van der Waals surface area contributed by atoms with Crippen molar-refractivity contribution in [2.45, 2.75) is 71.8 Å². The lowest BCUT2D eigenvalue weighted by Gasteiger charge is -2.27. The normalized spacial score (nSPS) is 19.5. The van der Waals surface area contributed by atoms with Gasteiger partial charge in [0.1, 0.15) is 0 Å². The Hall–Kier alpha value is -3.55. The first kappa shape index (κ1) is 30.9. The average molecular weight is 605 g/mol. The van der Waals surface area contributed by atoms with Crippen molar-refractivity contribution in [3.8, 4) is 11.5 Å². The highest BCUT2D eigenvalue weighted by Gasteiger charge is 2.48. The molecule has 7 nitrogen and oxygen atoms in total. The number of carboxylic acid groups (broad SMARTS) is 1. The zero-order valence-electron chi connectivity index (χ0n) is 25.4. The van der Waals surface area contributed by atoms with Gasteiger partial charge in [-0.05, 0) is 84.2 Å². The van der Waals surface area contributed by atoms with Crippen LogP contribution >= 0.6 is 11.6 Å². The van der Waals surface area contributed by atoms with Gasteiger partial charge in [0, 0.05) is 29.2 Å². The molecule has 1 saturated heterocycles. The monoisotopic (exact) mass is 604 g/mol. The maximum Gasteiger partial charge on any atom is 0.309 e. The molecule has 3 aromatic rings. The van der Waals surface area contributed by atoms with Gasteiger partial charge in [-0.3, -0.25) is 14.5 Å². The number of rotatable bonds is 11. The van der Waals surface area contributed by atoms with Crippen LogP contribution in [0.1, 0.15) is 79.0 Å². The van der Waals surface area contributed by atoms with Gasteiger partial charge in [-0.2, -0.15) is 0 Å². The van der Waals surface area contributed by atoms with Crippen LogP contribution in [0, 0.1) is 12.8 Å². The molecule has 2 aliphatic rings. The van der Waals surface area contributed by atoms with Crippen molar-refractivity contribution in [3.63, 3.8) is 0 Å². The predicted octanol–water partition coefficient (Wildman–Crippen LogP) is 7.32. The van der Waals surface area contributed by atoms with Crippen LogP contribution in [0.5, 0.6) is 11.5 Å². The number of carbonyl (C=O) groups is 2. The first-order chi connectivity index (χ1) is 20.7. The molecule has 0 aromatic heterocycles. The second-order valence-electron chi connectivity index (χ2n) is 11.6. The summed E-state index contributed by atoms with van der Waals surface area (Å²) in [6.45, 7) is 8.82. The fourth-order valence-electron chi connectivity index (χ4n) is 6.70. The van der Waals surface area contributed by atoms with Crippen LogP contribution in [0.3, 0.4) is 0 Å². The summed E-state index contributed by atoms with van der Waals surface area (Å²) in [5.41, 5.74) is 6.68. The van der Waals surface area contributed by atoms with Crippen molar-refractivity contribution in [1.82, 2.24) is 4.90 Å². The van der Waals surface area contributed by atoms with Crippen LogP contribution in [-0.2, 0) is 28.9 Å². The molecule has 0 bridgehead atoms. The lowest BCUT2D eigenvalue weighted by molar-refractivity contribution is -0.143. The van der Waals surface area contributed by atoms with Gasteiger partial charge in [0.05, 0.1) is 12.5 Å². The van der Waals surface area contributed by atoms with Gasteiger partial charge in [-0.1, -0.05) is 69.1 Å². The maximum atomic E-state index is 13.7. The first-order valence-corrected chi connectivity index (χ1v) is 15.7. The number of ether oxygens (including phenoxy) is 2. The Bertz CT molecular complexity index is 1460. The van der Waals surface area contributed by atoms with Crippen molar-refractivity contribution in [2.75, 3.05) is 25.2 Å². The van der Waals surface area contributed by atoms with Crippen molar-refractivity contribution in [3.05, 3.63) is 86.9 Å². The summed E-state index contributed by atoms with van der Waals surface area (Å²) in [7, 11) is 0. The third-order valence-electron chi connectivity index (χ3n) is 8.89. The number of unbranched alkanes of at least 4 members (excludes halogenated alkanes) is 1. The molecule has 3 atom stereocenters. The summed E-state index contributed by atoms with van der Waals surface area (Å²) < 4.78 is 11.3. The number of hydrogen-bond donors (Lipinski definition) is 2. The number of fused-ring (bicyclic) bond motifs is 1. The summed E-state index contributed by atoms with van der Waals surface area (Å²) in [4.78, 5) is 28.8. The molecule has 5 rings (SSSR count). The number of nitrogens with zero attached hydrogens (tertiary/aromatic N) is 1. The average Bonchev–Trinajstić information content (AvgIpc) is 3.63. The van der Waals surface area contributed by atoms with Crippen molar-refractivity contribution in [1.29, 1.82) is 0 Å². The third-order valence-corrected chi connectivity index (χ3v) is 9.11. The molecule has 43 heavy (non-hydrogen) atoms. The molecule has 2 heterocycles. The van der Waals surface area contributed by atoms with E-state index in [1.807, 2.05) is 62.1 Å². The molecule has 228 valence electrons. The Morgan fingerprint density at radius 1 is 1.02 bits per heavy atom. The number of nitrogens with one attached hydrogen (secondary N) is 1. The van der Waals surface area contributed by atoms with Gasteiger partial charge in [0.15, 0.2) is 11.5 Å². The molecule has 8 heteroatoms. The molecule has 3 aromatic carbocycles. The van der Waals surface area contributed by atoms with E-state index in [0.29, 0.717) is 23.1 Å². The van der Waals surface area contributed by atoms with E-state index in [9.17, 15) is 14.7 Å². The van der Waals surface area contributed by atoms with Gasteiger partial charge in [-0.15, -0.1) is 0 Å². The standard InChI is InChI=1S/C35H41ClN2O5/c1-5-8-9-22-10-12-25(13-11-22)33-31(35(40)41)28(27-14-15-29-34(21(27)4)43-20-42-29)18-38(33)19-30(39)37-32-23(6-2)16-26(36)17-24(32)7-3/h10-17,28,31,33H,5-9,18-20H2,1-4H3,(H,37,39)(H,40,41)/t28-,31?,33+/m1/s1. The van der Waals surface area contributed by atoms with Crippen molar-refractivity contribution < 1.29 is 24.2 Å². The number of aryl methyl sites for hydroxylation is 3. The molecule has 0 saturated carbocycles. The number of hydrogen-bond acceptors (Lipinski definition) is 5. The lowest BCUT2D eigenvalue weighted by atomic mass is 9.81. The number of amides is 1. The highest BCUT2D eigenvalue weighted by molar-refractivity contribution is 6.30. The minimum Gasteiger partial charge on any atom is -0.481 e. The van der Waals surface area contributed by atoms with E-state index in [4.69, 9.17) is 21.1 Å². The van der Waals surface area contributed by atoms with Crippen molar-refractivity contribution in [2.24, 2.45) is 5.92 Å². The van der Waals surface area contributed by atoms with Crippen molar-refractivity contribution >= 4 is 29.2 Å². The zero-order valence-corrected chi connectivity index (χ0v) is 26.2. The minimum absolute atomic E-state index is 0.0566. The smallest absolute Gasteiger partial charge is 0.309 e. The number of benzene rings is 3. The maximum absolute atomic E-state index is 13.7. The van der Waals surface area contributed by atoms with Gasteiger partial charge in [0.25, 0.3) is 0 Å². The van der Waals surface area contributed by atoms with Gasteiger partial charge in [0.2, 0.25) is 12.7 Å². The Balaban J connectivity index is 1.50. The lowest BCUT2D eigenvalue weighted by Crippen LogP contribution is -2.35. The molecule has 2 aliphatic heterocycles. The Morgan fingerprint density at radius 2 is 1.72 bits per heavy atom. The molecular weight excluding hydrogens is 564 g/mol. The number of carboxylic acids is 1. The summed E-state index contributed by atoms with van der Waals surface area (Å²) in [5, 5.41) is 14.5. The second kappa shape index (κ2) is 13.4. The van der Waals surface area contributed by atoms with Gasteiger partial charge < -0.3 is 19.9 Å². The predicted molar refractivity (Wildman–Crippen MR) is 169 cm³/mol. The van der Waals surface area contributed by atoms with E-state index < -0.39 is 17.9 Å². The first-order valence-electron chi connectivity index (χ1n) is 15.3. The molecule has 0 spiro atoms. The largest absolute Gasteiger partial charge is 0.481 e. The van der Waals surface area contributed by atoms with Crippen LogP contribution < -0.4 is 14.8 Å². The van der Waals surface area contributed by atoms with Crippen LogP contribution in [-0.4, -0.2) is 41.8 Å². The fraction of sp³-hybridized carbons (Fsp3) is 0.429. The molecule has 0 aliphatic carbocycles. The highest BCUT2D eigenvalue weighted by Crippen LogP contribution is 2.49. The topological polar surface area (TPSA) is 88.1 Å². The SMILES string of the molecule is CCCCc1ccc([C@H]2C(C(=O)O)[C@@H](c3ccc4c(c3C)OCO4)CN2CC(=O)Nc2c(CC)cc(Cl)cc2CC)cc1. The Kier molecular flexibility index (Phi) is 9.62. The summed E-state index contributed by atoms with van der Waals surface area (Å²) in [6.07, 6.45) is 4.65. The van der Waals surface area contributed by atoms with Crippen LogP contribution in [0.25, 0.3) is 0 Å². The number of likely N-dealkylation sites (tertiary alicyclic amines) is 1. The summed E-state index contributed by atoms with van der Waals surface area (Å²) >= 11 is 6.35. The van der Waals surface area contributed by atoms with E-state index in [1.165, 1.54) is 5.56 Å². The van der Waals surface area contributed by atoms with Crippen LogP contribution in [0.15, 0.2) is 48.5 Å². The molecular formula is C35H41ClN2O5. The Morgan fingerprint density at radius 3 is 2.35 bits per heavy atom. The quantitative estimate of drug-likeness (QED) is 0.238. The van der Waals surface area contributed by atoms with Crippen LogP contribution in [0.2, 0.25) is 5.02 Å². The number of carbonyl (C=O) groups excluding carboxylic acids is 1. The number of halogens is 1. The van der Waals surface area contributed by atoms with E-state index in [-0.39, 0.29) is 25.2 Å². The number of anilines is 1. The zero-order chi connectivity index (χ0) is 30.7. The molecule has 1 unspecified atom stereocenters.